The molecule has 0 spiro atoms. The number of rotatable bonds is 6. The molecule has 23 heavy (non-hydrogen) atoms. The lowest BCUT2D eigenvalue weighted by atomic mass is 9.91. The highest BCUT2D eigenvalue weighted by atomic mass is 16.5. The number of amides is 1. The van der Waals surface area contributed by atoms with Crippen molar-refractivity contribution in [2.24, 2.45) is 5.92 Å². The molecule has 5 heteroatoms. The molecule has 0 aromatic heterocycles. The van der Waals surface area contributed by atoms with Crippen molar-refractivity contribution in [2.45, 2.75) is 32.4 Å². The Morgan fingerprint density at radius 1 is 1.39 bits per heavy atom. The lowest BCUT2D eigenvalue weighted by Crippen LogP contribution is -2.50. The van der Waals surface area contributed by atoms with Gasteiger partial charge in [0, 0.05) is 19.6 Å². The van der Waals surface area contributed by atoms with Crippen molar-refractivity contribution in [3.63, 3.8) is 0 Å². The van der Waals surface area contributed by atoms with Crippen molar-refractivity contribution in [1.82, 2.24) is 9.80 Å². The number of carbonyl (C=O) groups is 1. The minimum absolute atomic E-state index is 0.0911. The summed E-state index contributed by atoms with van der Waals surface area (Å²) in [7, 11) is 3.47. The molecule has 1 aromatic carbocycles. The fourth-order valence-corrected chi connectivity index (χ4v) is 3.21. The third kappa shape index (κ3) is 4.69. The number of likely N-dealkylation sites (tertiary alicyclic amines) is 1. The minimum Gasteiger partial charge on any atom is -0.497 e. The van der Waals surface area contributed by atoms with Gasteiger partial charge >= 0.3 is 0 Å². The number of aliphatic hydroxyl groups is 1. The van der Waals surface area contributed by atoms with E-state index in [2.05, 4.69) is 11.8 Å². The SMILES string of the molecule is COc1ccc(CN(C)C(=O)CN2CCCC(C)C2CO)cc1. The van der Waals surface area contributed by atoms with Crippen LogP contribution in [-0.4, -0.2) is 60.7 Å². The number of likely N-dealkylation sites (N-methyl/N-ethyl adjacent to an activating group) is 1. The highest BCUT2D eigenvalue weighted by molar-refractivity contribution is 5.78. The second-order valence-corrected chi connectivity index (χ2v) is 6.44. The summed E-state index contributed by atoms with van der Waals surface area (Å²) in [6.45, 7) is 4.12. The number of hydrogen-bond donors (Lipinski definition) is 1. The summed E-state index contributed by atoms with van der Waals surface area (Å²) in [6.07, 6.45) is 2.21. The molecule has 0 bridgehead atoms. The van der Waals surface area contributed by atoms with Gasteiger partial charge in [0.2, 0.25) is 5.91 Å². The van der Waals surface area contributed by atoms with Gasteiger partial charge in [-0.15, -0.1) is 0 Å². The Balaban J connectivity index is 1.90. The van der Waals surface area contributed by atoms with Crippen LogP contribution in [0.25, 0.3) is 0 Å². The van der Waals surface area contributed by atoms with Gasteiger partial charge < -0.3 is 14.7 Å². The topological polar surface area (TPSA) is 53.0 Å². The first-order valence-electron chi connectivity index (χ1n) is 8.27. The normalized spacial score (nSPS) is 21.9. The zero-order valence-corrected chi connectivity index (χ0v) is 14.4. The van der Waals surface area contributed by atoms with Crippen molar-refractivity contribution in [3.05, 3.63) is 29.8 Å². The van der Waals surface area contributed by atoms with E-state index in [9.17, 15) is 9.90 Å². The number of hydrogen-bond acceptors (Lipinski definition) is 4. The van der Waals surface area contributed by atoms with Crippen LogP contribution >= 0.6 is 0 Å². The van der Waals surface area contributed by atoms with Crippen LogP contribution in [0.15, 0.2) is 24.3 Å². The molecule has 2 rings (SSSR count). The highest BCUT2D eigenvalue weighted by Crippen LogP contribution is 2.23. The molecule has 1 aliphatic heterocycles. The van der Waals surface area contributed by atoms with Crippen LogP contribution < -0.4 is 4.74 Å². The number of nitrogens with zero attached hydrogens (tertiary/aromatic N) is 2. The number of ether oxygens (including phenoxy) is 1. The van der Waals surface area contributed by atoms with Crippen LogP contribution in [0.3, 0.4) is 0 Å². The number of aliphatic hydroxyl groups excluding tert-OH is 1. The second-order valence-electron chi connectivity index (χ2n) is 6.44. The van der Waals surface area contributed by atoms with Crippen LogP contribution in [0.2, 0.25) is 0 Å². The van der Waals surface area contributed by atoms with E-state index in [1.807, 2.05) is 31.3 Å². The summed E-state index contributed by atoms with van der Waals surface area (Å²) in [5, 5.41) is 9.59. The maximum atomic E-state index is 12.5. The van der Waals surface area contributed by atoms with Crippen molar-refractivity contribution in [1.29, 1.82) is 0 Å². The standard InChI is InChI=1S/C18H28N2O3/c1-14-5-4-10-20(17(14)13-21)12-18(22)19(2)11-15-6-8-16(23-3)9-7-15/h6-9,14,17,21H,4-5,10-13H2,1-3H3. The molecule has 2 unspecified atom stereocenters. The van der Waals surface area contributed by atoms with Gasteiger partial charge in [0.25, 0.3) is 0 Å². The van der Waals surface area contributed by atoms with Gasteiger partial charge in [-0.2, -0.15) is 0 Å². The van der Waals surface area contributed by atoms with Gasteiger partial charge in [0.15, 0.2) is 0 Å². The maximum absolute atomic E-state index is 12.5. The Bertz CT molecular complexity index is 503. The largest absolute Gasteiger partial charge is 0.497 e. The van der Waals surface area contributed by atoms with Crippen molar-refractivity contribution in [2.75, 3.05) is 33.9 Å². The molecule has 0 radical (unpaired) electrons. The van der Waals surface area contributed by atoms with E-state index >= 15 is 0 Å². The van der Waals surface area contributed by atoms with E-state index in [1.165, 1.54) is 0 Å². The molecular formula is C18H28N2O3. The monoisotopic (exact) mass is 320 g/mol. The lowest BCUT2D eigenvalue weighted by molar-refractivity contribution is -0.133. The Morgan fingerprint density at radius 2 is 2.09 bits per heavy atom. The molecule has 1 saturated heterocycles. The molecule has 0 saturated carbocycles. The zero-order chi connectivity index (χ0) is 16.8. The third-order valence-electron chi connectivity index (χ3n) is 4.76. The Labute approximate surface area is 138 Å². The van der Waals surface area contributed by atoms with Crippen LogP contribution in [0.5, 0.6) is 5.75 Å². The lowest BCUT2D eigenvalue weighted by Gasteiger charge is -2.39. The molecule has 2 atom stereocenters. The van der Waals surface area contributed by atoms with E-state index in [4.69, 9.17) is 4.74 Å². The van der Waals surface area contributed by atoms with Gasteiger partial charge in [-0.05, 0) is 43.0 Å². The summed E-state index contributed by atoms with van der Waals surface area (Å²) in [4.78, 5) is 16.4. The number of benzene rings is 1. The molecule has 1 fully saturated rings. The molecule has 1 aromatic rings. The zero-order valence-electron chi connectivity index (χ0n) is 14.4. The first-order chi connectivity index (χ1) is 11.0. The van der Waals surface area contributed by atoms with Gasteiger partial charge in [-0.1, -0.05) is 19.1 Å². The summed E-state index contributed by atoms with van der Waals surface area (Å²) in [6, 6.07) is 7.86. The van der Waals surface area contributed by atoms with Crippen molar-refractivity contribution < 1.29 is 14.6 Å². The van der Waals surface area contributed by atoms with Crippen molar-refractivity contribution in [3.8, 4) is 5.75 Å². The average Bonchev–Trinajstić information content (AvgIpc) is 2.55. The summed E-state index contributed by atoms with van der Waals surface area (Å²) >= 11 is 0. The number of piperidine rings is 1. The first-order valence-corrected chi connectivity index (χ1v) is 8.27. The molecule has 1 heterocycles. The Kier molecular flexibility index (Phi) is 6.42. The fraction of sp³-hybridized carbons (Fsp3) is 0.611. The smallest absolute Gasteiger partial charge is 0.236 e. The number of methoxy groups -OCH3 is 1. The van der Waals surface area contributed by atoms with Gasteiger partial charge in [-0.25, -0.2) is 0 Å². The third-order valence-corrected chi connectivity index (χ3v) is 4.76. The molecule has 1 N–H and O–H groups in total. The van der Waals surface area contributed by atoms with Gasteiger partial charge in [0.05, 0.1) is 20.3 Å². The van der Waals surface area contributed by atoms with E-state index in [1.54, 1.807) is 12.0 Å². The summed E-state index contributed by atoms with van der Waals surface area (Å²) in [5.74, 6) is 1.35. The van der Waals surface area contributed by atoms with E-state index in [0.717, 1.165) is 30.7 Å². The number of carbonyl (C=O) groups excluding carboxylic acids is 1. The van der Waals surface area contributed by atoms with Gasteiger partial charge in [0.1, 0.15) is 5.75 Å². The molecule has 1 aliphatic rings. The van der Waals surface area contributed by atoms with Gasteiger partial charge in [-0.3, -0.25) is 9.69 Å². The van der Waals surface area contributed by atoms with Crippen LogP contribution in [0.1, 0.15) is 25.3 Å². The molecule has 128 valence electrons. The minimum atomic E-state index is 0.0911. The molecule has 1 amide bonds. The van der Waals surface area contributed by atoms with Crippen molar-refractivity contribution >= 4 is 5.91 Å². The van der Waals surface area contributed by atoms with E-state index in [0.29, 0.717) is 19.0 Å². The van der Waals surface area contributed by atoms with Crippen LogP contribution in [0, 0.1) is 5.92 Å². The first kappa shape index (κ1) is 17.8. The maximum Gasteiger partial charge on any atom is 0.236 e. The predicted molar refractivity (Wildman–Crippen MR) is 90.3 cm³/mol. The van der Waals surface area contributed by atoms with Crippen LogP contribution in [-0.2, 0) is 11.3 Å². The quantitative estimate of drug-likeness (QED) is 0.867. The van der Waals surface area contributed by atoms with E-state index in [-0.39, 0.29) is 18.6 Å². The molecule has 0 aliphatic carbocycles. The highest BCUT2D eigenvalue weighted by Gasteiger charge is 2.29. The van der Waals surface area contributed by atoms with Crippen LogP contribution in [0.4, 0.5) is 0 Å². The average molecular weight is 320 g/mol. The molecule has 5 nitrogen and oxygen atoms in total. The Morgan fingerprint density at radius 3 is 2.70 bits per heavy atom. The summed E-state index contributed by atoms with van der Waals surface area (Å²) in [5.41, 5.74) is 1.08. The second kappa shape index (κ2) is 8.31. The predicted octanol–water partition coefficient (Wildman–Crippen LogP) is 1.75. The fourth-order valence-electron chi connectivity index (χ4n) is 3.21. The molecular weight excluding hydrogens is 292 g/mol. The Hall–Kier alpha value is -1.59. The summed E-state index contributed by atoms with van der Waals surface area (Å²) < 4.78 is 5.15. The van der Waals surface area contributed by atoms with E-state index < -0.39 is 0 Å².